The van der Waals surface area contributed by atoms with Gasteiger partial charge in [0.05, 0.1) is 5.69 Å². The fraction of sp³-hybridized carbons (Fsp3) is 0.250. The summed E-state index contributed by atoms with van der Waals surface area (Å²) in [6, 6.07) is 7.02. The summed E-state index contributed by atoms with van der Waals surface area (Å²) >= 11 is 5.21. The van der Waals surface area contributed by atoms with Crippen LogP contribution in [0, 0.1) is 4.77 Å². The second kappa shape index (κ2) is 4.73. The normalized spacial score (nSPS) is 10.8. The van der Waals surface area contributed by atoms with Gasteiger partial charge in [-0.05, 0) is 30.4 Å². The Morgan fingerprint density at radius 3 is 2.83 bits per heavy atom. The molecule has 94 valence electrons. The molecule has 0 aliphatic heterocycles. The third kappa shape index (κ3) is 2.19. The number of H-pyrrole nitrogens is 1. The Morgan fingerprint density at radius 2 is 2.22 bits per heavy atom. The Balaban J connectivity index is 2.62. The van der Waals surface area contributed by atoms with Crippen LogP contribution < -0.4 is 5.73 Å². The molecule has 0 radical (unpaired) electrons. The van der Waals surface area contributed by atoms with Crippen LogP contribution in [0.25, 0.3) is 5.69 Å². The number of hydrogen-bond donors (Lipinski definition) is 2. The molecule has 1 heterocycles. The van der Waals surface area contributed by atoms with E-state index in [1.165, 1.54) is 0 Å². The van der Waals surface area contributed by atoms with Crippen LogP contribution in [0.1, 0.15) is 35.9 Å². The topological polar surface area (TPSA) is 76.7 Å². The van der Waals surface area contributed by atoms with Gasteiger partial charge in [-0.25, -0.2) is 0 Å². The molecule has 18 heavy (non-hydrogen) atoms. The molecule has 3 N–H and O–H groups in total. The number of rotatable bonds is 3. The minimum absolute atomic E-state index is 0.218. The lowest BCUT2D eigenvalue weighted by Crippen LogP contribution is -2.12. The lowest BCUT2D eigenvalue weighted by atomic mass is 10.1. The number of nitrogens with two attached hydrogens (primary N) is 1. The number of benzene rings is 1. The quantitative estimate of drug-likeness (QED) is 0.832. The van der Waals surface area contributed by atoms with E-state index in [1.807, 2.05) is 24.5 Å². The van der Waals surface area contributed by atoms with Crippen molar-refractivity contribution >= 4 is 18.1 Å². The van der Waals surface area contributed by atoms with Crippen molar-refractivity contribution in [1.29, 1.82) is 0 Å². The maximum atomic E-state index is 11.2. The van der Waals surface area contributed by atoms with E-state index in [-0.39, 0.29) is 5.92 Å². The first-order chi connectivity index (χ1) is 8.50. The first-order valence-corrected chi connectivity index (χ1v) is 5.99. The molecule has 1 aromatic heterocycles. The zero-order valence-corrected chi connectivity index (χ0v) is 11.0. The minimum Gasteiger partial charge on any atom is -0.366 e. The van der Waals surface area contributed by atoms with Gasteiger partial charge in [-0.15, -0.1) is 0 Å². The fourth-order valence-corrected chi connectivity index (χ4v) is 1.99. The predicted molar refractivity (Wildman–Crippen MR) is 71.4 cm³/mol. The Morgan fingerprint density at radius 1 is 1.50 bits per heavy atom. The molecular weight excluding hydrogens is 248 g/mol. The van der Waals surface area contributed by atoms with E-state index >= 15 is 0 Å². The van der Waals surface area contributed by atoms with Gasteiger partial charge in [-0.2, -0.15) is 5.10 Å². The number of carbonyl (C=O) groups is 1. The monoisotopic (exact) mass is 262 g/mol. The van der Waals surface area contributed by atoms with Gasteiger partial charge in [-0.1, -0.05) is 19.9 Å². The van der Waals surface area contributed by atoms with Crippen LogP contribution in [0.5, 0.6) is 0 Å². The Hall–Kier alpha value is -1.95. The maximum absolute atomic E-state index is 11.2. The number of carbonyl (C=O) groups excluding carboxylic acids is 1. The predicted octanol–water partition coefficient (Wildman–Crippen LogP) is 2.15. The average Bonchev–Trinajstić information content (AvgIpc) is 2.71. The van der Waals surface area contributed by atoms with Gasteiger partial charge in [0.25, 0.3) is 0 Å². The van der Waals surface area contributed by atoms with Crippen LogP contribution in [-0.2, 0) is 0 Å². The molecule has 0 aliphatic carbocycles. The fourth-order valence-electron chi connectivity index (χ4n) is 1.74. The highest BCUT2D eigenvalue weighted by atomic mass is 32.1. The van der Waals surface area contributed by atoms with Crippen LogP contribution in [0.15, 0.2) is 24.3 Å². The van der Waals surface area contributed by atoms with Crippen molar-refractivity contribution in [1.82, 2.24) is 14.8 Å². The summed E-state index contributed by atoms with van der Waals surface area (Å²) in [5.41, 5.74) is 6.51. The van der Waals surface area contributed by atoms with Crippen LogP contribution in [-0.4, -0.2) is 20.7 Å². The average molecular weight is 262 g/mol. The van der Waals surface area contributed by atoms with E-state index in [2.05, 4.69) is 10.2 Å². The van der Waals surface area contributed by atoms with Crippen molar-refractivity contribution in [3.05, 3.63) is 40.4 Å². The van der Waals surface area contributed by atoms with Gasteiger partial charge < -0.3 is 5.73 Å². The van der Waals surface area contributed by atoms with Gasteiger partial charge in [0.2, 0.25) is 5.91 Å². The van der Waals surface area contributed by atoms with E-state index in [0.29, 0.717) is 10.3 Å². The van der Waals surface area contributed by atoms with Crippen molar-refractivity contribution in [2.45, 2.75) is 19.8 Å². The van der Waals surface area contributed by atoms with Crippen molar-refractivity contribution in [2.75, 3.05) is 0 Å². The molecule has 5 nitrogen and oxygen atoms in total. The number of aromatic amines is 1. The van der Waals surface area contributed by atoms with Crippen LogP contribution in [0.2, 0.25) is 0 Å². The van der Waals surface area contributed by atoms with E-state index < -0.39 is 5.91 Å². The summed E-state index contributed by atoms with van der Waals surface area (Å²) in [5.74, 6) is 0.578. The van der Waals surface area contributed by atoms with Gasteiger partial charge in [0, 0.05) is 11.5 Å². The van der Waals surface area contributed by atoms with Crippen molar-refractivity contribution in [2.24, 2.45) is 5.73 Å². The van der Waals surface area contributed by atoms with Gasteiger partial charge in [0.15, 0.2) is 4.77 Å². The highest BCUT2D eigenvalue weighted by Gasteiger charge is 2.12. The second-order valence-corrected chi connectivity index (χ2v) is 4.68. The maximum Gasteiger partial charge on any atom is 0.248 e. The summed E-state index contributed by atoms with van der Waals surface area (Å²) < 4.78 is 2.31. The Labute approximate surface area is 110 Å². The summed E-state index contributed by atoms with van der Waals surface area (Å²) in [4.78, 5) is 11.2. The molecule has 0 saturated heterocycles. The third-order valence-corrected chi connectivity index (χ3v) is 2.88. The van der Waals surface area contributed by atoms with Crippen molar-refractivity contribution in [3.8, 4) is 5.69 Å². The number of amides is 1. The molecule has 0 spiro atoms. The Kier molecular flexibility index (Phi) is 3.29. The van der Waals surface area contributed by atoms with E-state index in [9.17, 15) is 4.79 Å². The molecule has 0 bridgehead atoms. The number of hydrogen-bond acceptors (Lipinski definition) is 3. The van der Waals surface area contributed by atoms with E-state index in [4.69, 9.17) is 18.0 Å². The van der Waals surface area contributed by atoms with Crippen molar-refractivity contribution in [3.63, 3.8) is 0 Å². The molecule has 2 aromatic rings. The second-order valence-electron chi connectivity index (χ2n) is 4.29. The van der Waals surface area contributed by atoms with Crippen molar-refractivity contribution < 1.29 is 4.79 Å². The summed E-state index contributed by atoms with van der Waals surface area (Å²) in [7, 11) is 0. The smallest absolute Gasteiger partial charge is 0.248 e. The number of aromatic nitrogens is 3. The largest absolute Gasteiger partial charge is 0.366 e. The highest BCUT2D eigenvalue weighted by Crippen LogP contribution is 2.18. The van der Waals surface area contributed by atoms with Crippen LogP contribution in [0.4, 0.5) is 0 Å². The summed E-state index contributed by atoms with van der Waals surface area (Å²) in [6.07, 6.45) is 0. The van der Waals surface area contributed by atoms with E-state index in [1.54, 1.807) is 18.2 Å². The standard InChI is InChI=1S/C12H14N4OS/c1-7(2)11-14-15-12(18)16(11)9-5-3-4-8(6-9)10(13)17/h3-7H,1-2H3,(H2,13,17)(H,15,18). The highest BCUT2D eigenvalue weighted by molar-refractivity contribution is 7.71. The summed E-state index contributed by atoms with van der Waals surface area (Å²) in [6.45, 7) is 4.05. The molecule has 0 aliphatic rings. The lowest BCUT2D eigenvalue weighted by Gasteiger charge is -2.09. The third-order valence-electron chi connectivity index (χ3n) is 2.60. The number of nitrogens with one attached hydrogen (secondary N) is 1. The molecule has 1 aromatic carbocycles. The molecular formula is C12H14N4OS. The van der Waals surface area contributed by atoms with Crippen LogP contribution >= 0.6 is 12.2 Å². The van der Waals surface area contributed by atoms with Gasteiger partial charge >= 0.3 is 0 Å². The first kappa shape index (κ1) is 12.5. The number of nitrogens with zero attached hydrogens (tertiary/aromatic N) is 2. The lowest BCUT2D eigenvalue weighted by molar-refractivity contribution is 0.100. The molecule has 0 atom stereocenters. The van der Waals surface area contributed by atoms with E-state index in [0.717, 1.165) is 11.5 Å². The molecule has 0 saturated carbocycles. The van der Waals surface area contributed by atoms with Crippen LogP contribution in [0.3, 0.4) is 0 Å². The molecule has 0 unspecified atom stereocenters. The molecule has 2 rings (SSSR count). The zero-order chi connectivity index (χ0) is 13.3. The minimum atomic E-state index is -0.460. The zero-order valence-electron chi connectivity index (χ0n) is 10.2. The molecule has 0 fully saturated rings. The molecule has 1 amide bonds. The molecule has 6 heteroatoms. The van der Waals surface area contributed by atoms with Gasteiger partial charge in [-0.3, -0.25) is 14.5 Å². The number of primary amides is 1. The SMILES string of the molecule is CC(C)c1n[nH]c(=S)n1-c1cccc(C(N)=O)c1. The first-order valence-electron chi connectivity index (χ1n) is 5.58. The summed E-state index contributed by atoms with van der Waals surface area (Å²) in [5, 5.41) is 6.96. The van der Waals surface area contributed by atoms with Gasteiger partial charge in [0.1, 0.15) is 5.82 Å². The Bertz CT molecular complexity index is 642.